The molecule has 20 heavy (non-hydrogen) atoms. The van der Waals surface area contributed by atoms with Crippen LogP contribution in [-0.2, 0) is 11.2 Å². The first kappa shape index (κ1) is 16.5. The van der Waals surface area contributed by atoms with Gasteiger partial charge in [-0.1, -0.05) is 6.08 Å². The zero-order valence-electron chi connectivity index (χ0n) is 12.6. The molecule has 0 saturated carbocycles. The highest BCUT2D eigenvalue weighted by molar-refractivity contribution is 5.41. The molecule has 4 nitrogen and oxygen atoms in total. The van der Waals surface area contributed by atoms with E-state index >= 15 is 0 Å². The average Bonchev–Trinajstić information content (AvgIpc) is 2.47. The van der Waals surface area contributed by atoms with Crippen LogP contribution in [-0.4, -0.2) is 40.5 Å². The van der Waals surface area contributed by atoms with Gasteiger partial charge < -0.3 is 19.5 Å². The second kappa shape index (κ2) is 10.3. The van der Waals surface area contributed by atoms with Gasteiger partial charge in [-0.3, -0.25) is 0 Å². The van der Waals surface area contributed by atoms with Crippen molar-refractivity contribution in [2.75, 3.05) is 40.5 Å². The molecule has 0 fully saturated rings. The molecule has 0 radical (unpaired) electrons. The van der Waals surface area contributed by atoms with Gasteiger partial charge in [0.1, 0.15) is 11.5 Å². The molecule has 0 saturated heterocycles. The van der Waals surface area contributed by atoms with Crippen LogP contribution >= 0.6 is 0 Å². The molecule has 0 unspecified atom stereocenters. The SMILES string of the molecule is C=CCc1cc(OC)ccc1OCCC[NH2+]CCOC. The summed E-state index contributed by atoms with van der Waals surface area (Å²) in [4.78, 5) is 0. The third kappa shape index (κ3) is 6.08. The summed E-state index contributed by atoms with van der Waals surface area (Å²) in [5.74, 6) is 1.77. The largest absolute Gasteiger partial charge is 0.497 e. The van der Waals surface area contributed by atoms with Gasteiger partial charge in [0, 0.05) is 19.1 Å². The highest BCUT2D eigenvalue weighted by atomic mass is 16.5. The fraction of sp³-hybridized carbons (Fsp3) is 0.500. The van der Waals surface area contributed by atoms with Crippen LogP contribution in [0.1, 0.15) is 12.0 Å². The molecular weight excluding hydrogens is 254 g/mol. The number of ether oxygens (including phenoxy) is 3. The summed E-state index contributed by atoms with van der Waals surface area (Å²) >= 11 is 0. The smallest absolute Gasteiger partial charge is 0.123 e. The number of nitrogens with two attached hydrogens (primary N) is 1. The lowest BCUT2D eigenvalue weighted by atomic mass is 10.1. The Morgan fingerprint density at radius 2 is 2.05 bits per heavy atom. The average molecular weight is 280 g/mol. The van der Waals surface area contributed by atoms with Crippen molar-refractivity contribution < 1.29 is 19.5 Å². The van der Waals surface area contributed by atoms with Crippen molar-refractivity contribution >= 4 is 0 Å². The Hall–Kier alpha value is -1.52. The number of hydrogen-bond donors (Lipinski definition) is 1. The quantitative estimate of drug-likeness (QED) is 0.492. The highest BCUT2D eigenvalue weighted by Crippen LogP contribution is 2.24. The maximum atomic E-state index is 5.84. The summed E-state index contributed by atoms with van der Waals surface area (Å²) in [6.07, 6.45) is 3.68. The molecule has 0 spiro atoms. The van der Waals surface area contributed by atoms with Crippen LogP contribution in [0.4, 0.5) is 0 Å². The van der Waals surface area contributed by atoms with Crippen molar-refractivity contribution in [3.63, 3.8) is 0 Å². The maximum Gasteiger partial charge on any atom is 0.123 e. The second-order valence-electron chi connectivity index (χ2n) is 4.53. The normalized spacial score (nSPS) is 10.3. The number of benzene rings is 1. The van der Waals surface area contributed by atoms with Gasteiger partial charge in [-0.05, 0) is 24.6 Å². The lowest BCUT2D eigenvalue weighted by Crippen LogP contribution is -2.85. The number of methoxy groups -OCH3 is 2. The monoisotopic (exact) mass is 280 g/mol. The van der Waals surface area contributed by atoms with E-state index in [0.717, 1.165) is 56.2 Å². The molecule has 0 aliphatic rings. The number of rotatable bonds is 11. The van der Waals surface area contributed by atoms with Crippen LogP contribution in [0.5, 0.6) is 11.5 Å². The van der Waals surface area contributed by atoms with Crippen LogP contribution in [0.25, 0.3) is 0 Å². The van der Waals surface area contributed by atoms with Crippen molar-refractivity contribution in [2.45, 2.75) is 12.8 Å². The molecule has 0 heterocycles. The Balaban J connectivity index is 2.36. The van der Waals surface area contributed by atoms with E-state index in [9.17, 15) is 0 Å². The van der Waals surface area contributed by atoms with Gasteiger partial charge >= 0.3 is 0 Å². The van der Waals surface area contributed by atoms with E-state index in [-0.39, 0.29) is 0 Å². The standard InChI is InChI=1S/C16H25NO3/c1-4-6-14-13-15(19-3)7-8-16(14)20-11-5-9-17-10-12-18-2/h4,7-8,13,17H,1,5-6,9-12H2,2-3H3/p+1. The minimum absolute atomic E-state index is 0.722. The zero-order valence-corrected chi connectivity index (χ0v) is 12.6. The fourth-order valence-electron chi connectivity index (χ4n) is 1.89. The summed E-state index contributed by atoms with van der Waals surface area (Å²) in [5.41, 5.74) is 1.11. The van der Waals surface area contributed by atoms with Crippen molar-refractivity contribution in [1.82, 2.24) is 0 Å². The Morgan fingerprint density at radius 1 is 1.20 bits per heavy atom. The molecule has 0 aromatic heterocycles. The number of quaternary nitrogens is 1. The van der Waals surface area contributed by atoms with Gasteiger partial charge in [-0.15, -0.1) is 6.58 Å². The molecule has 0 bridgehead atoms. The molecule has 1 rings (SSSR count). The second-order valence-corrected chi connectivity index (χ2v) is 4.53. The van der Waals surface area contributed by atoms with Crippen molar-refractivity contribution in [2.24, 2.45) is 0 Å². The topological polar surface area (TPSA) is 44.3 Å². The van der Waals surface area contributed by atoms with E-state index in [4.69, 9.17) is 14.2 Å². The van der Waals surface area contributed by atoms with Gasteiger partial charge in [0.15, 0.2) is 0 Å². The zero-order chi connectivity index (χ0) is 14.6. The maximum absolute atomic E-state index is 5.84. The van der Waals surface area contributed by atoms with E-state index in [1.54, 1.807) is 14.2 Å². The first-order valence-corrected chi connectivity index (χ1v) is 7.03. The van der Waals surface area contributed by atoms with Crippen LogP contribution < -0.4 is 14.8 Å². The van der Waals surface area contributed by atoms with E-state index < -0.39 is 0 Å². The van der Waals surface area contributed by atoms with Gasteiger partial charge in [-0.2, -0.15) is 0 Å². The van der Waals surface area contributed by atoms with Gasteiger partial charge in [-0.25, -0.2) is 0 Å². The Labute approximate surface area is 121 Å². The summed E-state index contributed by atoms with van der Waals surface area (Å²) in [6, 6.07) is 5.89. The van der Waals surface area contributed by atoms with Gasteiger partial charge in [0.05, 0.1) is 33.4 Å². The summed E-state index contributed by atoms with van der Waals surface area (Å²) in [5, 5.41) is 2.24. The third-order valence-electron chi connectivity index (χ3n) is 2.97. The van der Waals surface area contributed by atoms with Crippen molar-refractivity contribution in [3.8, 4) is 11.5 Å². The van der Waals surface area contributed by atoms with Crippen molar-refractivity contribution in [1.29, 1.82) is 0 Å². The Bertz CT molecular complexity index is 393. The molecule has 0 atom stereocenters. The van der Waals surface area contributed by atoms with Crippen LogP contribution in [0.2, 0.25) is 0 Å². The first-order valence-electron chi connectivity index (χ1n) is 7.03. The molecule has 4 heteroatoms. The number of allylic oxidation sites excluding steroid dienone is 1. The predicted molar refractivity (Wildman–Crippen MR) is 80.5 cm³/mol. The highest BCUT2D eigenvalue weighted by Gasteiger charge is 2.04. The molecule has 1 aromatic rings. The van der Waals surface area contributed by atoms with Crippen LogP contribution in [0.15, 0.2) is 30.9 Å². The molecule has 112 valence electrons. The lowest BCUT2D eigenvalue weighted by molar-refractivity contribution is -0.656. The Kier molecular flexibility index (Phi) is 8.51. The number of hydrogen-bond acceptors (Lipinski definition) is 3. The van der Waals surface area contributed by atoms with E-state index in [1.807, 2.05) is 24.3 Å². The fourth-order valence-corrected chi connectivity index (χ4v) is 1.89. The molecule has 1 aromatic carbocycles. The first-order chi connectivity index (χ1) is 9.81. The van der Waals surface area contributed by atoms with Gasteiger partial charge in [0.25, 0.3) is 0 Å². The minimum atomic E-state index is 0.722. The molecule has 0 amide bonds. The lowest BCUT2D eigenvalue weighted by Gasteiger charge is -2.11. The van der Waals surface area contributed by atoms with Crippen LogP contribution in [0, 0.1) is 0 Å². The summed E-state index contributed by atoms with van der Waals surface area (Å²) in [7, 11) is 3.39. The van der Waals surface area contributed by atoms with E-state index in [2.05, 4.69) is 11.9 Å². The predicted octanol–water partition coefficient (Wildman–Crippen LogP) is 1.40. The van der Waals surface area contributed by atoms with Gasteiger partial charge in [0.2, 0.25) is 0 Å². The van der Waals surface area contributed by atoms with Crippen LogP contribution in [0.3, 0.4) is 0 Å². The molecule has 2 N–H and O–H groups in total. The molecule has 0 aliphatic heterocycles. The summed E-state index contributed by atoms with van der Waals surface area (Å²) < 4.78 is 16.1. The van der Waals surface area contributed by atoms with E-state index in [1.165, 1.54) is 0 Å². The van der Waals surface area contributed by atoms with E-state index in [0.29, 0.717) is 0 Å². The molecule has 0 aliphatic carbocycles. The van der Waals surface area contributed by atoms with Crippen molar-refractivity contribution in [3.05, 3.63) is 36.4 Å². The Morgan fingerprint density at radius 3 is 2.75 bits per heavy atom. The molecular formula is C16H26NO3+. The summed E-state index contributed by atoms with van der Waals surface area (Å²) in [6.45, 7) is 7.35. The minimum Gasteiger partial charge on any atom is -0.497 e. The third-order valence-corrected chi connectivity index (χ3v) is 2.97.